The SMILES string of the molecule is Cc1ccc(S(=O)(=O)OC2CC[C@H]3CCC[C@@H]2C3)cc1. The van der Waals surface area contributed by atoms with Gasteiger partial charge in [-0.15, -0.1) is 0 Å². The van der Waals surface area contributed by atoms with E-state index in [4.69, 9.17) is 4.18 Å². The van der Waals surface area contributed by atoms with Crippen molar-refractivity contribution in [2.45, 2.75) is 56.4 Å². The van der Waals surface area contributed by atoms with E-state index in [1.54, 1.807) is 12.1 Å². The highest BCUT2D eigenvalue weighted by molar-refractivity contribution is 7.86. The van der Waals surface area contributed by atoms with Crippen molar-refractivity contribution in [2.24, 2.45) is 11.8 Å². The van der Waals surface area contributed by atoms with Gasteiger partial charge >= 0.3 is 0 Å². The number of aryl methyl sites for hydroxylation is 1. The molecule has 0 heterocycles. The van der Waals surface area contributed by atoms with Gasteiger partial charge < -0.3 is 0 Å². The fraction of sp³-hybridized carbons (Fsp3) is 0.625. The minimum Gasteiger partial charge on any atom is -0.263 e. The van der Waals surface area contributed by atoms with E-state index in [0.29, 0.717) is 5.92 Å². The van der Waals surface area contributed by atoms with Crippen LogP contribution in [-0.2, 0) is 14.3 Å². The van der Waals surface area contributed by atoms with E-state index in [1.165, 1.54) is 12.8 Å². The summed E-state index contributed by atoms with van der Waals surface area (Å²) in [4.78, 5) is 0.279. The molecule has 3 nitrogen and oxygen atoms in total. The summed E-state index contributed by atoms with van der Waals surface area (Å²) in [6.07, 6.45) is 6.69. The molecular formula is C16H22O3S. The van der Waals surface area contributed by atoms with E-state index in [0.717, 1.165) is 37.2 Å². The van der Waals surface area contributed by atoms with E-state index >= 15 is 0 Å². The fourth-order valence-corrected chi connectivity index (χ4v) is 4.78. The Morgan fingerprint density at radius 3 is 2.55 bits per heavy atom. The van der Waals surface area contributed by atoms with Crippen LogP contribution in [0.5, 0.6) is 0 Å². The smallest absolute Gasteiger partial charge is 0.263 e. The van der Waals surface area contributed by atoms with E-state index in [9.17, 15) is 8.42 Å². The van der Waals surface area contributed by atoms with Crippen molar-refractivity contribution >= 4 is 10.1 Å². The standard InChI is InChI=1S/C16H22O3S/c1-12-5-8-15(9-6-12)20(17,18)19-16-10-7-13-3-2-4-14(16)11-13/h5-6,8-9,13-14,16H,2-4,7,10-11H2,1H3/t13-,14-,16?/m1/s1. The second kappa shape index (κ2) is 5.49. The summed E-state index contributed by atoms with van der Waals surface area (Å²) in [6.45, 7) is 1.94. The van der Waals surface area contributed by atoms with Crippen LogP contribution in [0.15, 0.2) is 29.2 Å². The predicted octanol–water partition coefficient (Wildman–Crippen LogP) is 3.67. The average Bonchev–Trinajstić information content (AvgIpc) is 2.43. The lowest BCUT2D eigenvalue weighted by Crippen LogP contribution is -2.35. The summed E-state index contributed by atoms with van der Waals surface area (Å²) in [5, 5.41) is 0. The molecule has 2 saturated carbocycles. The molecular weight excluding hydrogens is 272 g/mol. The number of fused-ring (bicyclic) bond motifs is 2. The van der Waals surface area contributed by atoms with Crippen LogP contribution in [0.4, 0.5) is 0 Å². The molecule has 1 aromatic carbocycles. The Labute approximate surface area is 121 Å². The zero-order valence-electron chi connectivity index (χ0n) is 11.9. The van der Waals surface area contributed by atoms with Crippen LogP contribution in [0.1, 0.15) is 44.1 Å². The normalized spacial score (nSPS) is 30.1. The molecule has 3 atom stereocenters. The van der Waals surface area contributed by atoms with Crippen LogP contribution in [0.2, 0.25) is 0 Å². The first kappa shape index (κ1) is 14.1. The fourth-order valence-electron chi connectivity index (χ4n) is 3.62. The Morgan fingerprint density at radius 2 is 1.80 bits per heavy atom. The van der Waals surface area contributed by atoms with Crippen molar-refractivity contribution < 1.29 is 12.6 Å². The monoisotopic (exact) mass is 294 g/mol. The maximum Gasteiger partial charge on any atom is 0.297 e. The van der Waals surface area contributed by atoms with Crippen molar-refractivity contribution in [2.75, 3.05) is 0 Å². The lowest BCUT2D eigenvalue weighted by atomic mass is 9.71. The molecule has 0 aromatic heterocycles. The zero-order valence-corrected chi connectivity index (χ0v) is 12.7. The molecule has 3 rings (SSSR count). The molecule has 4 heteroatoms. The summed E-state index contributed by atoms with van der Waals surface area (Å²) < 4.78 is 30.3. The van der Waals surface area contributed by atoms with Gasteiger partial charge in [-0.1, -0.05) is 30.5 Å². The van der Waals surface area contributed by atoms with E-state index in [2.05, 4.69) is 0 Å². The second-order valence-electron chi connectivity index (χ2n) is 6.27. The molecule has 0 spiro atoms. The second-order valence-corrected chi connectivity index (χ2v) is 7.84. The van der Waals surface area contributed by atoms with Gasteiger partial charge in [-0.3, -0.25) is 4.18 Å². The minimum atomic E-state index is -3.61. The molecule has 2 bridgehead atoms. The number of hydrogen-bond acceptors (Lipinski definition) is 3. The van der Waals surface area contributed by atoms with E-state index in [1.807, 2.05) is 19.1 Å². The van der Waals surface area contributed by atoms with E-state index < -0.39 is 10.1 Å². The first-order chi connectivity index (χ1) is 9.54. The molecule has 1 unspecified atom stereocenters. The van der Waals surface area contributed by atoms with Gasteiger partial charge in [-0.05, 0) is 56.6 Å². The first-order valence-electron chi connectivity index (χ1n) is 7.54. The molecule has 110 valence electrons. The van der Waals surface area contributed by atoms with Crippen LogP contribution < -0.4 is 0 Å². The summed E-state index contributed by atoms with van der Waals surface area (Å²) >= 11 is 0. The highest BCUT2D eigenvalue weighted by atomic mass is 32.2. The maximum absolute atomic E-state index is 12.4. The summed E-state index contributed by atoms with van der Waals surface area (Å²) in [5.74, 6) is 1.23. The highest BCUT2D eigenvalue weighted by Gasteiger charge is 2.36. The number of rotatable bonds is 3. The van der Waals surface area contributed by atoms with Gasteiger partial charge in [0.1, 0.15) is 0 Å². The van der Waals surface area contributed by atoms with Gasteiger partial charge in [0.2, 0.25) is 0 Å². The van der Waals surface area contributed by atoms with Crippen molar-refractivity contribution in [3.63, 3.8) is 0 Å². The Hall–Kier alpha value is -0.870. The molecule has 2 aliphatic rings. The van der Waals surface area contributed by atoms with Crippen molar-refractivity contribution in [3.05, 3.63) is 29.8 Å². The zero-order chi connectivity index (χ0) is 14.2. The summed E-state index contributed by atoms with van der Waals surface area (Å²) in [6, 6.07) is 6.90. The summed E-state index contributed by atoms with van der Waals surface area (Å²) in [7, 11) is -3.61. The molecule has 0 aliphatic heterocycles. The van der Waals surface area contributed by atoms with Crippen LogP contribution in [0.25, 0.3) is 0 Å². The average molecular weight is 294 g/mol. The first-order valence-corrected chi connectivity index (χ1v) is 8.95. The molecule has 0 amide bonds. The quantitative estimate of drug-likeness (QED) is 0.799. The Bertz CT molecular complexity index is 562. The lowest BCUT2D eigenvalue weighted by Gasteiger charge is -2.39. The van der Waals surface area contributed by atoms with Crippen LogP contribution >= 0.6 is 0 Å². The number of hydrogen-bond donors (Lipinski definition) is 0. The van der Waals surface area contributed by atoms with Crippen LogP contribution in [0, 0.1) is 18.8 Å². The Kier molecular flexibility index (Phi) is 3.87. The van der Waals surface area contributed by atoms with E-state index in [-0.39, 0.29) is 11.0 Å². The maximum atomic E-state index is 12.4. The third-order valence-electron chi connectivity index (χ3n) is 4.77. The molecule has 2 aliphatic carbocycles. The Balaban J connectivity index is 1.74. The van der Waals surface area contributed by atoms with Gasteiger partial charge in [0, 0.05) is 0 Å². The summed E-state index contributed by atoms with van der Waals surface area (Å²) in [5.41, 5.74) is 1.05. The minimum absolute atomic E-state index is 0.113. The van der Waals surface area contributed by atoms with Crippen LogP contribution in [0.3, 0.4) is 0 Å². The van der Waals surface area contributed by atoms with Crippen LogP contribution in [-0.4, -0.2) is 14.5 Å². The Morgan fingerprint density at radius 1 is 1.05 bits per heavy atom. The highest BCUT2D eigenvalue weighted by Crippen LogP contribution is 2.41. The largest absolute Gasteiger partial charge is 0.297 e. The van der Waals surface area contributed by atoms with Gasteiger partial charge in [0.05, 0.1) is 11.0 Å². The number of benzene rings is 1. The molecule has 0 N–H and O–H groups in total. The third kappa shape index (κ3) is 2.91. The third-order valence-corrected chi connectivity index (χ3v) is 6.12. The van der Waals surface area contributed by atoms with Gasteiger partial charge in [-0.2, -0.15) is 8.42 Å². The van der Waals surface area contributed by atoms with Crippen molar-refractivity contribution in [1.29, 1.82) is 0 Å². The van der Waals surface area contributed by atoms with Gasteiger partial charge in [-0.25, -0.2) is 0 Å². The topological polar surface area (TPSA) is 43.4 Å². The van der Waals surface area contributed by atoms with Crippen molar-refractivity contribution in [3.8, 4) is 0 Å². The molecule has 2 fully saturated rings. The molecule has 20 heavy (non-hydrogen) atoms. The molecule has 1 aromatic rings. The van der Waals surface area contributed by atoms with Gasteiger partial charge in [0.25, 0.3) is 10.1 Å². The van der Waals surface area contributed by atoms with Gasteiger partial charge in [0.15, 0.2) is 0 Å². The molecule has 0 radical (unpaired) electrons. The predicted molar refractivity (Wildman–Crippen MR) is 77.9 cm³/mol. The lowest BCUT2D eigenvalue weighted by molar-refractivity contribution is 0.0447. The molecule has 0 saturated heterocycles. The van der Waals surface area contributed by atoms with Crippen molar-refractivity contribution in [1.82, 2.24) is 0 Å².